The molecule has 0 saturated carbocycles. The van der Waals surface area contributed by atoms with Gasteiger partial charge in [0.1, 0.15) is 6.54 Å². The first kappa shape index (κ1) is 17.8. The Morgan fingerprint density at radius 1 is 1.12 bits per heavy atom. The van der Waals surface area contributed by atoms with Gasteiger partial charge in [0.2, 0.25) is 0 Å². The van der Waals surface area contributed by atoms with Crippen LogP contribution in [-0.4, -0.2) is 32.1 Å². The van der Waals surface area contributed by atoms with E-state index in [2.05, 4.69) is 5.32 Å². The molecule has 0 aliphatic heterocycles. The topological polar surface area (TPSA) is 64.6 Å². The molecule has 1 N–H and O–H groups in total. The Hall–Kier alpha value is -2.53. The minimum atomic E-state index is -0.506. The second-order valence-corrected chi connectivity index (χ2v) is 5.26. The third-order valence-corrected chi connectivity index (χ3v) is 3.62. The summed E-state index contributed by atoms with van der Waals surface area (Å²) in [5.41, 5.74) is 1.78. The fourth-order valence-electron chi connectivity index (χ4n) is 2.29. The highest BCUT2D eigenvalue weighted by atomic mass is 35.5. The van der Waals surface area contributed by atoms with Crippen molar-refractivity contribution in [3.05, 3.63) is 53.1 Å². The van der Waals surface area contributed by atoms with Gasteiger partial charge in [-0.15, -0.1) is 0 Å². The van der Waals surface area contributed by atoms with Crippen LogP contribution < -0.4 is 10.1 Å². The van der Waals surface area contributed by atoms with Crippen LogP contribution in [0.5, 0.6) is 5.75 Å². The Morgan fingerprint density at radius 2 is 1.83 bits per heavy atom. The number of amides is 1. The summed E-state index contributed by atoms with van der Waals surface area (Å²) < 4.78 is 10.1. The SMILES string of the molecule is CCOC(=O)CNC(=O)c1c(-c2ccccc2)ccc(Cl)c1OC. The lowest BCUT2D eigenvalue weighted by Crippen LogP contribution is -2.31. The molecule has 2 aromatic rings. The van der Waals surface area contributed by atoms with Gasteiger partial charge in [0.25, 0.3) is 5.91 Å². The minimum Gasteiger partial charge on any atom is -0.494 e. The molecular weight excluding hydrogens is 330 g/mol. The van der Waals surface area contributed by atoms with E-state index in [-0.39, 0.29) is 24.5 Å². The summed E-state index contributed by atoms with van der Waals surface area (Å²) in [6, 6.07) is 12.8. The fourth-order valence-corrected chi connectivity index (χ4v) is 2.53. The molecule has 24 heavy (non-hydrogen) atoms. The van der Waals surface area contributed by atoms with Crippen LogP contribution in [0.25, 0.3) is 11.1 Å². The van der Waals surface area contributed by atoms with E-state index >= 15 is 0 Å². The molecule has 2 rings (SSSR count). The summed E-state index contributed by atoms with van der Waals surface area (Å²) in [4.78, 5) is 24.1. The van der Waals surface area contributed by atoms with Gasteiger partial charge in [-0.3, -0.25) is 9.59 Å². The van der Waals surface area contributed by atoms with E-state index in [0.29, 0.717) is 10.6 Å². The quantitative estimate of drug-likeness (QED) is 0.814. The molecule has 0 fully saturated rings. The van der Waals surface area contributed by atoms with Crippen LogP contribution >= 0.6 is 11.6 Å². The summed E-state index contributed by atoms with van der Waals surface area (Å²) in [5.74, 6) is -0.700. The normalized spacial score (nSPS) is 10.1. The summed E-state index contributed by atoms with van der Waals surface area (Å²) in [6.07, 6.45) is 0. The van der Waals surface area contributed by atoms with Crippen molar-refractivity contribution in [3.8, 4) is 16.9 Å². The molecule has 0 atom stereocenters. The van der Waals surface area contributed by atoms with Gasteiger partial charge in [0.05, 0.1) is 24.3 Å². The van der Waals surface area contributed by atoms with Gasteiger partial charge in [0.15, 0.2) is 5.75 Å². The number of methoxy groups -OCH3 is 1. The second-order valence-electron chi connectivity index (χ2n) is 4.86. The number of hydrogen-bond acceptors (Lipinski definition) is 4. The average molecular weight is 348 g/mol. The van der Waals surface area contributed by atoms with Crippen molar-refractivity contribution < 1.29 is 19.1 Å². The van der Waals surface area contributed by atoms with Crippen LogP contribution in [-0.2, 0) is 9.53 Å². The third-order valence-electron chi connectivity index (χ3n) is 3.32. The van der Waals surface area contributed by atoms with Crippen molar-refractivity contribution in [2.45, 2.75) is 6.92 Å². The monoisotopic (exact) mass is 347 g/mol. The van der Waals surface area contributed by atoms with Gasteiger partial charge >= 0.3 is 5.97 Å². The zero-order valence-corrected chi connectivity index (χ0v) is 14.2. The molecule has 2 aromatic carbocycles. The van der Waals surface area contributed by atoms with Crippen LogP contribution in [0.1, 0.15) is 17.3 Å². The second kappa shape index (κ2) is 8.36. The van der Waals surface area contributed by atoms with E-state index in [4.69, 9.17) is 21.1 Å². The maximum Gasteiger partial charge on any atom is 0.325 e. The predicted octanol–water partition coefficient (Wildman–Crippen LogP) is 3.31. The van der Waals surface area contributed by atoms with Gasteiger partial charge in [-0.25, -0.2) is 0 Å². The highest BCUT2D eigenvalue weighted by Crippen LogP contribution is 2.36. The molecule has 0 spiro atoms. The summed E-state index contributed by atoms with van der Waals surface area (Å²) >= 11 is 6.15. The van der Waals surface area contributed by atoms with Crippen LogP contribution in [0.15, 0.2) is 42.5 Å². The number of hydrogen-bond donors (Lipinski definition) is 1. The number of benzene rings is 2. The number of ether oxygens (including phenoxy) is 2. The number of carbonyl (C=O) groups is 2. The molecule has 0 radical (unpaired) electrons. The van der Waals surface area contributed by atoms with E-state index in [1.165, 1.54) is 7.11 Å². The molecule has 0 aliphatic carbocycles. The molecule has 0 heterocycles. The van der Waals surface area contributed by atoms with Crippen molar-refractivity contribution >= 4 is 23.5 Å². The Labute approximate surface area is 145 Å². The van der Waals surface area contributed by atoms with E-state index in [1.54, 1.807) is 19.1 Å². The lowest BCUT2D eigenvalue weighted by Gasteiger charge is -2.15. The lowest BCUT2D eigenvalue weighted by atomic mass is 9.98. The van der Waals surface area contributed by atoms with Gasteiger partial charge in [-0.2, -0.15) is 0 Å². The molecule has 0 aliphatic rings. The Morgan fingerprint density at radius 3 is 2.46 bits per heavy atom. The predicted molar refractivity (Wildman–Crippen MR) is 92.4 cm³/mol. The van der Waals surface area contributed by atoms with Crippen molar-refractivity contribution in [3.63, 3.8) is 0 Å². The molecule has 126 valence electrons. The van der Waals surface area contributed by atoms with E-state index in [9.17, 15) is 9.59 Å². The fraction of sp³-hybridized carbons (Fsp3) is 0.222. The highest BCUT2D eigenvalue weighted by molar-refractivity contribution is 6.33. The van der Waals surface area contributed by atoms with E-state index < -0.39 is 11.9 Å². The van der Waals surface area contributed by atoms with Crippen molar-refractivity contribution in [1.29, 1.82) is 0 Å². The number of nitrogens with one attached hydrogen (secondary N) is 1. The highest BCUT2D eigenvalue weighted by Gasteiger charge is 2.21. The zero-order valence-electron chi connectivity index (χ0n) is 13.5. The number of carbonyl (C=O) groups excluding carboxylic acids is 2. The largest absolute Gasteiger partial charge is 0.494 e. The molecule has 0 bridgehead atoms. The molecule has 0 aromatic heterocycles. The first-order valence-corrected chi connectivity index (χ1v) is 7.82. The van der Waals surface area contributed by atoms with Gasteiger partial charge in [-0.1, -0.05) is 48.0 Å². The number of esters is 1. The van der Waals surface area contributed by atoms with Gasteiger partial charge in [-0.05, 0) is 24.1 Å². The number of halogens is 1. The van der Waals surface area contributed by atoms with Gasteiger partial charge in [0, 0.05) is 0 Å². The number of rotatable bonds is 6. The van der Waals surface area contributed by atoms with Crippen LogP contribution in [0.3, 0.4) is 0 Å². The maximum atomic E-state index is 12.6. The summed E-state index contributed by atoms with van der Waals surface area (Å²) in [5, 5.41) is 2.86. The molecular formula is C18H18ClNO4. The lowest BCUT2D eigenvalue weighted by molar-refractivity contribution is -0.141. The maximum absolute atomic E-state index is 12.6. The van der Waals surface area contributed by atoms with Crippen LogP contribution in [0, 0.1) is 0 Å². The first-order valence-electron chi connectivity index (χ1n) is 7.44. The van der Waals surface area contributed by atoms with E-state index in [0.717, 1.165) is 5.56 Å². The first-order chi connectivity index (χ1) is 11.6. The van der Waals surface area contributed by atoms with Crippen molar-refractivity contribution in [1.82, 2.24) is 5.32 Å². The van der Waals surface area contributed by atoms with Gasteiger partial charge < -0.3 is 14.8 Å². The van der Waals surface area contributed by atoms with Crippen molar-refractivity contribution in [2.75, 3.05) is 20.3 Å². The molecule has 5 nitrogen and oxygen atoms in total. The molecule has 0 unspecified atom stereocenters. The summed E-state index contributed by atoms with van der Waals surface area (Å²) in [7, 11) is 1.44. The average Bonchev–Trinajstić information content (AvgIpc) is 2.60. The molecule has 1 amide bonds. The van der Waals surface area contributed by atoms with Crippen LogP contribution in [0.4, 0.5) is 0 Å². The van der Waals surface area contributed by atoms with E-state index in [1.807, 2.05) is 30.3 Å². The Balaban J connectivity index is 2.40. The molecule has 0 saturated heterocycles. The Bertz CT molecular complexity index is 731. The van der Waals surface area contributed by atoms with Crippen LogP contribution in [0.2, 0.25) is 5.02 Å². The minimum absolute atomic E-state index is 0.226. The third kappa shape index (κ3) is 4.06. The smallest absolute Gasteiger partial charge is 0.325 e. The zero-order chi connectivity index (χ0) is 17.5. The molecule has 6 heteroatoms. The Kier molecular flexibility index (Phi) is 6.21. The van der Waals surface area contributed by atoms with Crippen molar-refractivity contribution in [2.24, 2.45) is 0 Å². The standard InChI is InChI=1S/C18H18ClNO4/c1-3-24-15(21)11-20-18(22)16-13(12-7-5-4-6-8-12)9-10-14(19)17(16)23-2/h4-10H,3,11H2,1-2H3,(H,20,22). The summed E-state index contributed by atoms with van der Waals surface area (Å²) in [6.45, 7) is 1.73.